The van der Waals surface area contributed by atoms with Crippen LogP contribution in [-0.2, 0) is 0 Å². The number of rotatable bonds is 4. The van der Waals surface area contributed by atoms with E-state index in [9.17, 15) is 0 Å². The number of hydrogen-bond donors (Lipinski definition) is 3. The minimum Gasteiger partial charge on any atom is -0.395 e. The first-order chi connectivity index (χ1) is 5.77. The topological polar surface area (TPSA) is 69.7 Å². The van der Waals surface area contributed by atoms with Gasteiger partial charge in [-0.05, 0) is 19.4 Å². The summed E-state index contributed by atoms with van der Waals surface area (Å²) < 4.78 is 0. The molecule has 1 rings (SSSR count). The molecule has 0 amide bonds. The summed E-state index contributed by atoms with van der Waals surface area (Å²) in [6.07, 6.45) is 2.18. The Morgan fingerprint density at radius 1 is 1.50 bits per heavy atom. The van der Waals surface area contributed by atoms with E-state index in [4.69, 9.17) is 15.9 Å². The molecule has 1 fully saturated rings. The highest BCUT2D eigenvalue weighted by Crippen LogP contribution is 2.15. The fourth-order valence-corrected chi connectivity index (χ4v) is 1.70. The van der Waals surface area contributed by atoms with E-state index in [0.29, 0.717) is 6.54 Å². The predicted molar refractivity (Wildman–Crippen MR) is 46.7 cm³/mol. The zero-order valence-corrected chi connectivity index (χ0v) is 7.32. The standard InChI is InChI=1S/C8H18N2O2/c9-7(5-11)4-10-3-1-2-8(10)6-12/h7-8,11-12H,1-6,9H2/t7-,8+/m0/s1. The molecule has 0 aromatic carbocycles. The molecular formula is C8H18N2O2. The van der Waals surface area contributed by atoms with Gasteiger partial charge in [0.05, 0.1) is 13.2 Å². The fourth-order valence-electron chi connectivity index (χ4n) is 1.70. The van der Waals surface area contributed by atoms with Gasteiger partial charge >= 0.3 is 0 Å². The van der Waals surface area contributed by atoms with E-state index in [0.717, 1.165) is 19.4 Å². The van der Waals surface area contributed by atoms with E-state index in [-0.39, 0.29) is 25.3 Å². The Bertz CT molecular complexity index is 132. The van der Waals surface area contributed by atoms with Gasteiger partial charge in [0, 0.05) is 18.6 Å². The number of nitrogens with zero attached hydrogens (tertiary/aromatic N) is 1. The molecule has 4 heteroatoms. The Labute approximate surface area is 73.0 Å². The molecule has 0 bridgehead atoms. The van der Waals surface area contributed by atoms with Crippen molar-refractivity contribution in [3.8, 4) is 0 Å². The molecule has 0 aromatic heterocycles. The normalized spacial score (nSPS) is 27.8. The summed E-state index contributed by atoms with van der Waals surface area (Å²) in [6.45, 7) is 1.92. The van der Waals surface area contributed by atoms with Crippen molar-refractivity contribution < 1.29 is 10.2 Å². The van der Waals surface area contributed by atoms with Crippen LogP contribution in [-0.4, -0.2) is 53.5 Å². The largest absolute Gasteiger partial charge is 0.395 e. The average Bonchev–Trinajstić information content (AvgIpc) is 2.51. The Kier molecular flexibility index (Phi) is 3.94. The van der Waals surface area contributed by atoms with Crippen molar-refractivity contribution in [2.75, 3.05) is 26.3 Å². The summed E-state index contributed by atoms with van der Waals surface area (Å²) in [4.78, 5) is 2.15. The Balaban J connectivity index is 2.30. The van der Waals surface area contributed by atoms with Crippen molar-refractivity contribution in [3.05, 3.63) is 0 Å². The lowest BCUT2D eigenvalue weighted by Gasteiger charge is -2.24. The van der Waals surface area contributed by atoms with Crippen LogP contribution in [0.5, 0.6) is 0 Å². The molecule has 0 unspecified atom stereocenters. The molecule has 1 heterocycles. The van der Waals surface area contributed by atoms with Crippen LogP contribution >= 0.6 is 0 Å². The number of hydrogen-bond acceptors (Lipinski definition) is 4. The summed E-state index contributed by atoms with van der Waals surface area (Å²) in [5.41, 5.74) is 5.60. The third-order valence-electron chi connectivity index (χ3n) is 2.41. The molecule has 0 aromatic rings. The number of nitrogens with two attached hydrogens (primary N) is 1. The van der Waals surface area contributed by atoms with E-state index in [1.54, 1.807) is 0 Å². The van der Waals surface area contributed by atoms with E-state index in [1.807, 2.05) is 0 Å². The van der Waals surface area contributed by atoms with Crippen LogP contribution in [0.25, 0.3) is 0 Å². The first kappa shape index (κ1) is 9.92. The molecule has 1 aliphatic heterocycles. The van der Waals surface area contributed by atoms with Gasteiger partial charge in [0.2, 0.25) is 0 Å². The average molecular weight is 174 g/mol. The predicted octanol–water partition coefficient (Wildman–Crippen LogP) is -1.24. The molecule has 0 aliphatic carbocycles. The number of aliphatic hydroxyl groups is 2. The Hall–Kier alpha value is -0.160. The van der Waals surface area contributed by atoms with Gasteiger partial charge in [-0.3, -0.25) is 4.90 Å². The van der Waals surface area contributed by atoms with Crippen LogP contribution in [0.3, 0.4) is 0 Å². The monoisotopic (exact) mass is 174 g/mol. The maximum Gasteiger partial charge on any atom is 0.0595 e. The van der Waals surface area contributed by atoms with Gasteiger partial charge in [0.15, 0.2) is 0 Å². The second-order valence-corrected chi connectivity index (χ2v) is 3.42. The SMILES string of the molecule is N[C@H](CO)CN1CCC[C@@H]1CO. The van der Waals surface area contributed by atoms with Gasteiger partial charge in [-0.25, -0.2) is 0 Å². The summed E-state index contributed by atoms with van der Waals surface area (Å²) in [6, 6.07) is 0.0970. The summed E-state index contributed by atoms with van der Waals surface area (Å²) >= 11 is 0. The van der Waals surface area contributed by atoms with Gasteiger partial charge in [-0.2, -0.15) is 0 Å². The highest BCUT2D eigenvalue weighted by molar-refractivity contribution is 4.80. The van der Waals surface area contributed by atoms with Crippen molar-refractivity contribution in [1.29, 1.82) is 0 Å². The van der Waals surface area contributed by atoms with Crippen LogP contribution in [0, 0.1) is 0 Å². The summed E-state index contributed by atoms with van der Waals surface area (Å²) in [5.74, 6) is 0. The lowest BCUT2D eigenvalue weighted by atomic mass is 10.2. The van der Waals surface area contributed by atoms with Gasteiger partial charge in [-0.15, -0.1) is 0 Å². The number of likely N-dealkylation sites (tertiary alicyclic amines) is 1. The summed E-state index contributed by atoms with van der Waals surface area (Å²) in [5, 5.41) is 17.7. The molecule has 12 heavy (non-hydrogen) atoms. The zero-order valence-electron chi connectivity index (χ0n) is 7.32. The maximum atomic E-state index is 8.98. The van der Waals surface area contributed by atoms with Crippen LogP contribution in [0.2, 0.25) is 0 Å². The van der Waals surface area contributed by atoms with Crippen LogP contribution in [0.4, 0.5) is 0 Å². The third kappa shape index (κ3) is 2.42. The molecule has 0 radical (unpaired) electrons. The Morgan fingerprint density at radius 2 is 2.25 bits per heavy atom. The molecule has 1 saturated heterocycles. The van der Waals surface area contributed by atoms with Crippen molar-refractivity contribution in [1.82, 2.24) is 4.90 Å². The van der Waals surface area contributed by atoms with Crippen molar-refractivity contribution in [2.24, 2.45) is 5.73 Å². The second kappa shape index (κ2) is 4.77. The highest BCUT2D eigenvalue weighted by atomic mass is 16.3. The lowest BCUT2D eigenvalue weighted by Crippen LogP contribution is -2.43. The molecule has 0 saturated carbocycles. The number of aliphatic hydroxyl groups excluding tert-OH is 2. The van der Waals surface area contributed by atoms with Gasteiger partial charge in [0.25, 0.3) is 0 Å². The molecule has 2 atom stereocenters. The van der Waals surface area contributed by atoms with Gasteiger partial charge < -0.3 is 15.9 Å². The van der Waals surface area contributed by atoms with Crippen LogP contribution < -0.4 is 5.73 Å². The summed E-state index contributed by atoms with van der Waals surface area (Å²) in [7, 11) is 0. The first-order valence-corrected chi connectivity index (χ1v) is 4.49. The minimum atomic E-state index is -0.169. The van der Waals surface area contributed by atoms with Crippen molar-refractivity contribution in [2.45, 2.75) is 24.9 Å². The zero-order chi connectivity index (χ0) is 8.97. The van der Waals surface area contributed by atoms with Crippen LogP contribution in [0.15, 0.2) is 0 Å². The van der Waals surface area contributed by atoms with Crippen molar-refractivity contribution in [3.63, 3.8) is 0 Å². The fraction of sp³-hybridized carbons (Fsp3) is 1.00. The van der Waals surface area contributed by atoms with E-state index < -0.39 is 0 Å². The minimum absolute atomic E-state index is 0.0225. The van der Waals surface area contributed by atoms with Crippen LogP contribution in [0.1, 0.15) is 12.8 Å². The molecule has 72 valence electrons. The maximum absolute atomic E-state index is 8.98. The molecule has 1 aliphatic rings. The first-order valence-electron chi connectivity index (χ1n) is 4.49. The van der Waals surface area contributed by atoms with Gasteiger partial charge in [0.1, 0.15) is 0 Å². The molecular weight excluding hydrogens is 156 g/mol. The smallest absolute Gasteiger partial charge is 0.0595 e. The molecule has 4 N–H and O–H groups in total. The third-order valence-corrected chi connectivity index (χ3v) is 2.41. The van der Waals surface area contributed by atoms with Gasteiger partial charge in [-0.1, -0.05) is 0 Å². The molecule has 4 nitrogen and oxygen atoms in total. The van der Waals surface area contributed by atoms with E-state index in [2.05, 4.69) is 4.90 Å². The molecule has 0 spiro atoms. The van der Waals surface area contributed by atoms with E-state index >= 15 is 0 Å². The Morgan fingerprint density at radius 3 is 2.83 bits per heavy atom. The second-order valence-electron chi connectivity index (χ2n) is 3.42. The lowest BCUT2D eigenvalue weighted by molar-refractivity contribution is 0.139. The highest BCUT2D eigenvalue weighted by Gasteiger charge is 2.24. The van der Waals surface area contributed by atoms with Crippen molar-refractivity contribution >= 4 is 0 Å². The van der Waals surface area contributed by atoms with E-state index in [1.165, 1.54) is 0 Å². The quantitative estimate of drug-likeness (QED) is 0.499.